The fourth-order valence-corrected chi connectivity index (χ4v) is 9.38. The Balaban J connectivity index is 0.938. The predicted octanol–water partition coefficient (Wildman–Crippen LogP) is 17.2. The first-order chi connectivity index (χ1) is 30.7. The van der Waals surface area contributed by atoms with Gasteiger partial charge in [-0.25, -0.2) is 0 Å². The van der Waals surface area contributed by atoms with Crippen LogP contribution in [0.4, 0.5) is 17.1 Å². The summed E-state index contributed by atoms with van der Waals surface area (Å²) in [4.78, 5) is 2.35. The van der Waals surface area contributed by atoms with E-state index in [9.17, 15) is 0 Å². The van der Waals surface area contributed by atoms with Crippen molar-refractivity contribution < 1.29 is 4.42 Å². The minimum absolute atomic E-state index is 0.867. The molecule has 0 saturated carbocycles. The van der Waals surface area contributed by atoms with Crippen LogP contribution in [0.15, 0.2) is 241 Å². The Morgan fingerprint density at radius 1 is 0.258 bits per heavy atom. The van der Waals surface area contributed by atoms with E-state index in [2.05, 4.69) is 229 Å². The van der Waals surface area contributed by atoms with Gasteiger partial charge in [-0.15, -0.1) is 0 Å². The van der Waals surface area contributed by atoms with Crippen molar-refractivity contribution in [2.75, 3.05) is 4.90 Å². The molecule has 290 valence electrons. The third-order valence-corrected chi connectivity index (χ3v) is 12.5. The zero-order valence-electron chi connectivity index (χ0n) is 33.9. The van der Waals surface area contributed by atoms with Crippen molar-refractivity contribution in [3.63, 3.8) is 0 Å². The van der Waals surface area contributed by atoms with E-state index >= 15 is 0 Å². The van der Waals surface area contributed by atoms with Crippen LogP contribution in [0.3, 0.4) is 0 Å². The van der Waals surface area contributed by atoms with Crippen LogP contribution in [-0.2, 0) is 0 Å². The van der Waals surface area contributed by atoms with Crippen LogP contribution in [-0.4, -0.2) is 0 Å². The van der Waals surface area contributed by atoms with Gasteiger partial charge in [0.25, 0.3) is 0 Å². The van der Waals surface area contributed by atoms with Crippen molar-refractivity contribution in [2.24, 2.45) is 0 Å². The lowest BCUT2D eigenvalue weighted by Crippen LogP contribution is -2.09. The van der Waals surface area contributed by atoms with Crippen molar-refractivity contribution >= 4 is 71.1 Å². The summed E-state index contributed by atoms with van der Waals surface area (Å²) < 4.78 is 6.35. The van der Waals surface area contributed by atoms with Gasteiger partial charge in [-0.05, 0) is 137 Å². The summed E-state index contributed by atoms with van der Waals surface area (Å²) in [5.74, 6) is 0.867. The summed E-state index contributed by atoms with van der Waals surface area (Å²) in [7, 11) is 0. The van der Waals surface area contributed by atoms with Crippen molar-refractivity contribution in [3.8, 4) is 44.7 Å². The minimum atomic E-state index is 0.867. The number of rotatable bonds is 7. The van der Waals surface area contributed by atoms with Crippen LogP contribution in [0.5, 0.6) is 0 Å². The van der Waals surface area contributed by atoms with Crippen LogP contribution in [0.1, 0.15) is 0 Å². The molecular formula is C60H39NO. The normalized spacial score (nSPS) is 11.5. The molecule has 0 atom stereocenters. The maximum absolute atomic E-state index is 6.35. The van der Waals surface area contributed by atoms with Gasteiger partial charge in [0.05, 0.1) is 0 Å². The molecule has 0 aliphatic heterocycles. The molecule has 0 aliphatic rings. The Bertz CT molecular complexity index is 3580. The molecule has 0 fully saturated rings. The summed E-state index contributed by atoms with van der Waals surface area (Å²) in [5, 5.41) is 11.2. The second-order valence-corrected chi connectivity index (χ2v) is 16.1. The van der Waals surface area contributed by atoms with Gasteiger partial charge in [-0.3, -0.25) is 0 Å². The number of nitrogens with zero attached hydrogens (tertiary/aromatic N) is 1. The highest BCUT2D eigenvalue weighted by Crippen LogP contribution is 2.42. The molecular weight excluding hydrogens is 751 g/mol. The van der Waals surface area contributed by atoms with Crippen LogP contribution in [0, 0.1) is 0 Å². The van der Waals surface area contributed by atoms with Crippen molar-refractivity contribution in [3.05, 3.63) is 237 Å². The van der Waals surface area contributed by atoms with Gasteiger partial charge in [-0.1, -0.05) is 176 Å². The van der Waals surface area contributed by atoms with Gasteiger partial charge >= 0.3 is 0 Å². The molecule has 0 saturated heterocycles. The molecule has 1 aromatic heterocycles. The van der Waals surface area contributed by atoms with E-state index in [1.807, 2.05) is 12.1 Å². The number of fused-ring (bicyclic) bond motifs is 7. The smallest absolute Gasteiger partial charge is 0.136 e. The molecule has 11 aromatic carbocycles. The molecule has 1 heterocycles. The summed E-state index contributed by atoms with van der Waals surface area (Å²) in [5.41, 5.74) is 12.3. The molecule has 12 aromatic rings. The number of hydrogen-bond donors (Lipinski definition) is 0. The lowest BCUT2D eigenvalue weighted by atomic mass is 9.93. The lowest BCUT2D eigenvalue weighted by Gasteiger charge is -2.26. The maximum Gasteiger partial charge on any atom is 0.136 e. The van der Waals surface area contributed by atoms with Gasteiger partial charge in [0.1, 0.15) is 11.3 Å². The molecule has 0 radical (unpaired) electrons. The zero-order chi connectivity index (χ0) is 41.0. The van der Waals surface area contributed by atoms with Crippen LogP contribution < -0.4 is 4.90 Å². The molecule has 0 aliphatic carbocycles. The van der Waals surface area contributed by atoms with E-state index in [0.717, 1.165) is 50.5 Å². The summed E-state index contributed by atoms with van der Waals surface area (Å²) in [6.45, 7) is 0. The van der Waals surface area contributed by atoms with Crippen LogP contribution >= 0.6 is 0 Å². The highest BCUT2D eigenvalue weighted by Gasteiger charge is 2.17. The van der Waals surface area contributed by atoms with E-state index < -0.39 is 0 Å². The van der Waals surface area contributed by atoms with E-state index in [1.165, 1.54) is 65.3 Å². The number of furan rings is 1. The molecule has 62 heavy (non-hydrogen) atoms. The molecule has 2 heteroatoms. The average Bonchev–Trinajstić information content (AvgIpc) is 3.79. The molecule has 12 rings (SSSR count). The van der Waals surface area contributed by atoms with E-state index in [0.29, 0.717) is 0 Å². The lowest BCUT2D eigenvalue weighted by molar-refractivity contribution is 0.632. The third kappa shape index (κ3) is 6.20. The molecule has 0 spiro atoms. The Morgan fingerprint density at radius 3 is 1.42 bits per heavy atom. The largest absolute Gasteiger partial charge is 0.456 e. The molecule has 0 unspecified atom stereocenters. The monoisotopic (exact) mass is 789 g/mol. The number of para-hydroxylation sites is 1. The Hall–Kier alpha value is -8.20. The molecule has 0 bridgehead atoms. The molecule has 0 N–H and O–H groups in total. The van der Waals surface area contributed by atoms with Crippen LogP contribution in [0.2, 0.25) is 0 Å². The summed E-state index contributed by atoms with van der Waals surface area (Å²) in [6.07, 6.45) is 0. The summed E-state index contributed by atoms with van der Waals surface area (Å²) >= 11 is 0. The van der Waals surface area contributed by atoms with Gasteiger partial charge in [0.15, 0.2) is 0 Å². The van der Waals surface area contributed by atoms with E-state index in [4.69, 9.17) is 4.42 Å². The topological polar surface area (TPSA) is 16.4 Å². The highest BCUT2D eigenvalue weighted by molar-refractivity contribution is 6.14. The SMILES string of the molecule is c1ccc(-c2cc3ccccc3o2)c(-c2ccc(N(c3ccc(-c4ccc5c(ccc6ccccc65)c4)cc3)c3ccc(-c4cc5ccccc5c5ccccc45)cc3)cc2)c1. The fourth-order valence-electron chi connectivity index (χ4n) is 9.38. The summed E-state index contributed by atoms with van der Waals surface area (Å²) in [6, 6.07) is 85.4. The molecule has 0 amide bonds. The van der Waals surface area contributed by atoms with Gasteiger partial charge in [0.2, 0.25) is 0 Å². The molecule has 2 nitrogen and oxygen atoms in total. The first-order valence-corrected chi connectivity index (χ1v) is 21.2. The minimum Gasteiger partial charge on any atom is -0.456 e. The third-order valence-electron chi connectivity index (χ3n) is 12.5. The zero-order valence-corrected chi connectivity index (χ0v) is 33.9. The predicted molar refractivity (Wildman–Crippen MR) is 263 cm³/mol. The quantitative estimate of drug-likeness (QED) is 0.150. The van der Waals surface area contributed by atoms with Crippen molar-refractivity contribution in [1.29, 1.82) is 0 Å². The highest BCUT2D eigenvalue weighted by atomic mass is 16.3. The second kappa shape index (κ2) is 14.8. The Morgan fingerprint density at radius 2 is 0.726 bits per heavy atom. The second-order valence-electron chi connectivity index (χ2n) is 16.1. The Kier molecular flexibility index (Phi) is 8.53. The van der Waals surface area contributed by atoms with E-state index in [-0.39, 0.29) is 0 Å². The van der Waals surface area contributed by atoms with Crippen LogP contribution in [0.25, 0.3) is 98.8 Å². The average molecular weight is 790 g/mol. The first kappa shape index (κ1) is 35.7. The fraction of sp³-hybridized carbons (Fsp3) is 0. The van der Waals surface area contributed by atoms with Gasteiger partial charge in [0, 0.05) is 28.0 Å². The van der Waals surface area contributed by atoms with Gasteiger partial charge in [-0.2, -0.15) is 0 Å². The Labute approximate surface area is 360 Å². The number of hydrogen-bond acceptors (Lipinski definition) is 2. The van der Waals surface area contributed by atoms with Crippen molar-refractivity contribution in [1.82, 2.24) is 0 Å². The standard InChI is InChI=1S/C60H39NO/c1-4-14-51-41(11-1)21-22-46-37-44(29-36-54(46)51)40-23-30-48(31-24-40)61(50-34-27-43(28-35-50)58-38-45-12-2-5-16-53(45)55-17-7-8-18-56(55)58)49-32-25-42(26-33-49)52-15-6-9-19-57(52)60-39-47-13-3-10-20-59(47)62-60/h1-39H. The maximum atomic E-state index is 6.35. The number of anilines is 3. The van der Waals surface area contributed by atoms with Crippen molar-refractivity contribution in [2.45, 2.75) is 0 Å². The van der Waals surface area contributed by atoms with Gasteiger partial charge < -0.3 is 9.32 Å². The first-order valence-electron chi connectivity index (χ1n) is 21.2. The number of benzene rings is 11. The van der Waals surface area contributed by atoms with E-state index in [1.54, 1.807) is 0 Å².